The summed E-state index contributed by atoms with van der Waals surface area (Å²) in [6.07, 6.45) is 0. The molecule has 0 fully saturated rings. The van der Waals surface area contributed by atoms with Crippen molar-refractivity contribution < 1.29 is 27.5 Å². The van der Waals surface area contributed by atoms with Gasteiger partial charge in [0.05, 0.1) is 18.0 Å². The van der Waals surface area contributed by atoms with Gasteiger partial charge in [0.25, 0.3) is 0 Å². The van der Waals surface area contributed by atoms with E-state index in [-0.39, 0.29) is 28.1 Å². The van der Waals surface area contributed by atoms with Gasteiger partial charge >= 0.3 is 5.97 Å². The molecule has 0 radical (unpaired) electrons. The van der Waals surface area contributed by atoms with E-state index in [0.29, 0.717) is 5.56 Å². The van der Waals surface area contributed by atoms with Crippen molar-refractivity contribution in [3.05, 3.63) is 40.9 Å². The van der Waals surface area contributed by atoms with Crippen LogP contribution in [0.2, 0.25) is 0 Å². The third kappa shape index (κ3) is 5.21. The summed E-state index contributed by atoms with van der Waals surface area (Å²) < 4.78 is 30.8. The van der Waals surface area contributed by atoms with E-state index >= 15 is 0 Å². The number of benzene rings is 1. The van der Waals surface area contributed by atoms with Gasteiger partial charge in [0, 0.05) is 18.0 Å². The van der Waals surface area contributed by atoms with E-state index in [0.717, 1.165) is 15.6 Å². The molecule has 1 heterocycles. The Morgan fingerprint density at radius 2 is 1.86 bits per heavy atom. The molecule has 0 unspecified atom stereocenters. The fraction of sp³-hybridized carbons (Fsp3) is 0.294. The SMILES string of the molecule is CCOC(=O)c1csc(NC(=O)CN(C)S(=O)(=O)c2ccc(C(C)=O)cc2)n1. The molecule has 0 bridgehead atoms. The van der Waals surface area contributed by atoms with Crippen LogP contribution in [0.3, 0.4) is 0 Å². The van der Waals surface area contributed by atoms with Gasteiger partial charge < -0.3 is 10.1 Å². The number of ketones is 1. The van der Waals surface area contributed by atoms with Gasteiger partial charge in [0.1, 0.15) is 0 Å². The Kier molecular flexibility index (Phi) is 7.00. The van der Waals surface area contributed by atoms with E-state index < -0.39 is 28.4 Å². The Morgan fingerprint density at radius 1 is 1.21 bits per heavy atom. The number of hydrogen-bond donors (Lipinski definition) is 1. The molecule has 0 spiro atoms. The van der Waals surface area contributed by atoms with Crippen LogP contribution in [0, 0.1) is 0 Å². The molecular weight excluding hydrogens is 406 g/mol. The van der Waals surface area contributed by atoms with Crippen molar-refractivity contribution in [3.63, 3.8) is 0 Å². The first-order chi connectivity index (χ1) is 13.1. The van der Waals surface area contributed by atoms with Crippen LogP contribution in [0.15, 0.2) is 34.5 Å². The van der Waals surface area contributed by atoms with Gasteiger partial charge in [-0.05, 0) is 26.0 Å². The minimum atomic E-state index is -3.91. The maximum absolute atomic E-state index is 12.6. The Morgan fingerprint density at radius 3 is 2.43 bits per heavy atom. The van der Waals surface area contributed by atoms with Crippen LogP contribution in [0.5, 0.6) is 0 Å². The average Bonchev–Trinajstić information content (AvgIpc) is 3.10. The molecular formula is C17H19N3O6S2. The summed E-state index contributed by atoms with van der Waals surface area (Å²) in [5, 5.41) is 4.04. The first kappa shape index (κ1) is 21.7. The smallest absolute Gasteiger partial charge is 0.357 e. The summed E-state index contributed by atoms with van der Waals surface area (Å²) >= 11 is 1.02. The van der Waals surface area contributed by atoms with E-state index in [1.165, 1.54) is 43.6 Å². The van der Waals surface area contributed by atoms with E-state index in [1.54, 1.807) is 6.92 Å². The van der Waals surface area contributed by atoms with Gasteiger partial charge in [0.2, 0.25) is 15.9 Å². The number of rotatable bonds is 8. The van der Waals surface area contributed by atoms with Gasteiger partial charge in [0.15, 0.2) is 16.6 Å². The second-order valence-electron chi connectivity index (χ2n) is 5.65. The van der Waals surface area contributed by atoms with Crippen LogP contribution >= 0.6 is 11.3 Å². The van der Waals surface area contributed by atoms with Gasteiger partial charge in [-0.25, -0.2) is 18.2 Å². The van der Waals surface area contributed by atoms with Crippen molar-refractivity contribution in [1.82, 2.24) is 9.29 Å². The van der Waals surface area contributed by atoms with Crippen molar-refractivity contribution >= 4 is 44.2 Å². The molecule has 28 heavy (non-hydrogen) atoms. The highest BCUT2D eigenvalue weighted by Crippen LogP contribution is 2.18. The fourth-order valence-corrected chi connectivity index (χ4v) is 3.94. The number of ether oxygens (including phenoxy) is 1. The maximum Gasteiger partial charge on any atom is 0.357 e. The topological polar surface area (TPSA) is 123 Å². The average molecular weight is 425 g/mol. The normalized spacial score (nSPS) is 11.3. The number of Topliss-reactive ketones (excluding diaryl/α,β-unsaturated/α-hetero) is 1. The van der Waals surface area contributed by atoms with Crippen LogP contribution < -0.4 is 5.32 Å². The zero-order valence-corrected chi connectivity index (χ0v) is 17.1. The lowest BCUT2D eigenvalue weighted by Gasteiger charge is -2.16. The van der Waals surface area contributed by atoms with Crippen molar-refractivity contribution in [2.24, 2.45) is 0 Å². The monoisotopic (exact) mass is 425 g/mol. The molecule has 0 saturated heterocycles. The summed E-state index contributed by atoms with van der Waals surface area (Å²) in [5.74, 6) is -1.40. The van der Waals surface area contributed by atoms with Crippen LogP contribution in [-0.4, -0.2) is 55.6 Å². The lowest BCUT2D eigenvalue weighted by atomic mass is 10.2. The molecule has 1 N–H and O–H groups in total. The molecule has 1 aromatic carbocycles. The number of esters is 1. The molecule has 0 aliphatic heterocycles. The summed E-state index contributed by atoms with van der Waals surface area (Å²) in [4.78, 5) is 38.9. The number of hydrogen-bond acceptors (Lipinski definition) is 8. The molecule has 9 nitrogen and oxygen atoms in total. The van der Waals surface area contributed by atoms with E-state index in [4.69, 9.17) is 4.74 Å². The molecule has 2 rings (SSSR count). The zero-order chi connectivity index (χ0) is 20.9. The molecule has 11 heteroatoms. The summed E-state index contributed by atoms with van der Waals surface area (Å²) in [5.41, 5.74) is 0.453. The molecule has 1 aromatic heterocycles. The molecule has 1 amide bonds. The molecule has 2 aromatic rings. The first-order valence-corrected chi connectivity index (χ1v) is 10.5. The van der Waals surface area contributed by atoms with Gasteiger partial charge in [-0.3, -0.25) is 9.59 Å². The number of nitrogens with zero attached hydrogens (tertiary/aromatic N) is 2. The summed E-state index contributed by atoms with van der Waals surface area (Å²) in [6, 6.07) is 5.45. The van der Waals surface area contributed by atoms with Crippen molar-refractivity contribution in [2.45, 2.75) is 18.7 Å². The van der Waals surface area contributed by atoms with Gasteiger partial charge in [-0.15, -0.1) is 11.3 Å². The zero-order valence-electron chi connectivity index (χ0n) is 15.5. The number of carbonyl (C=O) groups is 3. The van der Waals surface area contributed by atoms with Gasteiger partial charge in [-0.1, -0.05) is 12.1 Å². The lowest BCUT2D eigenvalue weighted by Crippen LogP contribution is -2.35. The number of likely N-dealkylation sites (N-methyl/N-ethyl adjacent to an activating group) is 1. The van der Waals surface area contributed by atoms with Crippen LogP contribution in [0.1, 0.15) is 34.7 Å². The number of anilines is 1. The van der Waals surface area contributed by atoms with Crippen molar-refractivity contribution in [1.29, 1.82) is 0 Å². The molecule has 0 saturated carbocycles. The fourth-order valence-electron chi connectivity index (χ4n) is 2.12. The van der Waals surface area contributed by atoms with E-state index in [1.807, 2.05) is 0 Å². The van der Waals surface area contributed by atoms with E-state index in [9.17, 15) is 22.8 Å². The highest BCUT2D eigenvalue weighted by molar-refractivity contribution is 7.89. The quantitative estimate of drug-likeness (QED) is 0.505. The highest BCUT2D eigenvalue weighted by Gasteiger charge is 2.23. The Balaban J connectivity index is 2.02. The number of thiazole rings is 1. The highest BCUT2D eigenvalue weighted by atomic mass is 32.2. The lowest BCUT2D eigenvalue weighted by molar-refractivity contribution is -0.116. The first-order valence-electron chi connectivity index (χ1n) is 8.15. The number of nitrogens with one attached hydrogen (secondary N) is 1. The van der Waals surface area contributed by atoms with E-state index in [2.05, 4.69) is 10.3 Å². The second-order valence-corrected chi connectivity index (χ2v) is 8.55. The minimum absolute atomic E-state index is 0.0355. The number of aromatic nitrogens is 1. The third-order valence-electron chi connectivity index (χ3n) is 3.57. The minimum Gasteiger partial charge on any atom is -0.461 e. The number of sulfonamides is 1. The second kappa shape index (κ2) is 9.04. The Hall–Kier alpha value is -2.63. The molecule has 0 aliphatic rings. The van der Waals surface area contributed by atoms with Crippen LogP contribution in [0.4, 0.5) is 5.13 Å². The predicted octanol–water partition coefficient (Wildman–Crippen LogP) is 1.78. The van der Waals surface area contributed by atoms with Crippen LogP contribution in [-0.2, 0) is 19.6 Å². The van der Waals surface area contributed by atoms with Crippen LogP contribution in [0.25, 0.3) is 0 Å². The maximum atomic E-state index is 12.6. The Bertz CT molecular complexity index is 983. The summed E-state index contributed by atoms with van der Waals surface area (Å²) in [6.45, 7) is 2.79. The molecule has 150 valence electrons. The predicted molar refractivity (Wildman–Crippen MR) is 103 cm³/mol. The van der Waals surface area contributed by atoms with Crippen molar-refractivity contribution in [2.75, 3.05) is 25.5 Å². The summed E-state index contributed by atoms with van der Waals surface area (Å²) in [7, 11) is -2.65. The largest absolute Gasteiger partial charge is 0.461 e. The third-order valence-corrected chi connectivity index (χ3v) is 6.15. The standard InChI is InChI=1S/C17H19N3O6S2/c1-4-26-16(23)14-10-27-17(18-14)19-15(22)9-20(3)28(24,25)13-7-5-12(6-8-13)11(2)21/h5-8,10H,4,9H2,1-3H3,(H,18,19,22). The van der Waals surface area contributed by atoms with Crippen molar-refractivity contribution in [3.8, 4) is 0 Å². The Labute approximate surface area is 166 Å². The number of amides is 1. The molecule has 0 atom stereocenters. The molecule has 0 aliphatic carbocycles. The van der Waals surface area contributed by atoms with Gasteiger partial charge in [-0.2, -0.15) is 4.31 Å². The number of carbonyl (C=O) groups excluding carboxylic acids is 3.